The van der Waals surface area contributed by atoms with Crippen molar-refractivity contribution in [3.63, 3.8) is 0 Å². The Bertz CT molecular complexity index is 859. The van der Waals surface area contributed by atoms with E-state index >= 15 is 0 Å². The molecule has 3 rings (SSSR count). The van der Waals surface area contributed by atoms with Crippen LogP contribution in [0.2, 0.25) is 0 Å². The topological polar surface area (TPSA) is 49.3 Å². The summed E-state index contributed by atoms with van der Waals surface area (Å²) in [5.74, 6) is 1.59. The van der Waals surface area contributed by atoms with Gasteiger partial charge in [-0.05, 0) is 37.4 Å². The van der Waals surface area contributed by atoms with Gasteiger partial charge in [0.1, 0.15) is 5.82 Å². The maximum absolute atomic E-state index is 12.5. The fraction of sp³-hybridized carbons (Fsp3) is 0.316. The summed E-state index contributed by atoms with van der Waals surface area (Å²) in [4.78, 5) is 26.7. The highest BCUT2D eigenvalue weighted by molar-refractivity contribution is 7.13. The minimum Gasteiger partial charge on any atom is -0.350 e. The monoisotopic (exact) mass is 354 g/mol. The van der Waals surface area contributed by atoms with Crippen LogP contribution in [0.5, 0.6) is 0 Å². The summed E-state index contributed by atoms with van der Waals surface area (Å²) in [6, 6.07) is 11.9. The molecule has 0 aliphatic carbocycles. The van der Waals surface area contributed by atoms with Crippen LogP contribution in [0, 0.1) is 0 Å². The summed E-state index contributed by atoms with van der Waals surface area (Å²) < 4.78 is 0. The van der Waals surface area contributed by atoms with Crippen LogP contribution in [-0.2, 0) is 4.79 Å². The van der Waals surface area contributed by atoms with Gasteiger partial charge < -0.3 is 9.80 Å². The maximum Gasteiger partial charge on any atom is 0.242 e. The van der Waals surface area contributed by atoms with Crippen molar-refractivity contribution in [2.45, 2.75) is 13.8 Å². The summed E-state index contributed by atoms with van der Waals surface area (Å²) in [5.41, 5.74) is 0.887. The van der Waals surface area contributed by atoms with Gasteiger partial charge in [0.05, 0.1) is 16.9 Å². The predicted molar refractivity (Wildman–Crippen MR) is 104 cm³/mol. The van der Waals surface area contributed by atoms with Crippen LogP contribution in [0.25, 0.3) is 21.6 Å². The standard InChI is InChI=1S/C19H22N4OS/c1-4-23(5-2)17(24)13-22(3)19-14-9-6-7-10-15(14)20-18(21-19)16-11-8-12-25-16/h6-12H,4-5,13H2,1-3H3. The van der Waals surface area contributed by atoms with Crippen molar-refractivity contribution < 1.29 is 4.79 Å². The number of hydrogen-bond donors (Lipinski definition) is 0. The van der Waals surface area contributed by atoms with Gasteiger partial charge >= 0.3 is 0 Å². The molecule has 3 aromatic rings. The molecule has 2 aromatic heterocycles. The fourth-order valence-electron chi connectivity index (χ4n) is 2.82. The molecule has 0 aliphatic rings. The highest BCUT2D eigenvalue weighted by Gasteiger charge is 2.17. The van der Waals surface area contributed by atoms with Crippen molar-refractivity contribution in [1.29, 1.82) is 0 Å². The number of benzene rings is 1. The van der Waals surface area contributed by atoms with Gasteiger partial charge in [0, 0.05) is 25.5 Å². The van der Waals surface area contributed by atoms with E-state index in [0.29, 0.717) is 25.5 Å². The zero-order valence-electron chi connectivity index (χ0n) is 14.8. The van der Waals surface area contributed by atoms with Crippen molar-refractivity contribution in [3.8, 4) is 10.7 Å². The Hall–Kier alpha value is -2.47. The molecule has 0 atom stereocenters. The normalized spacial score (nSPS) is 10.8. The number of carbonyl (C=O) groups excluding carboxylic acids is 1. The van der Waals surface area contributed by atoms with E-state index in [0.717, 1.165) is 21.6 Å². The predicted octanol–water partition coefficient (Wildman–Crippen LogP) is 3.66. The SMILES string of the molecule is CCN(CC)C(=O)CN(C)c1nc(-c2cccs2)nc2ccccc12. The van der Waals surface area contributed by atoms with Gasteiger partial charge in [-0.3, -0.25) is 4.79 Å². The summed E-state index contributed by atoms with van der Waals surface area (Å²) >= 11 is 1.61. The molecule has 0 saturated carbocycles. The van der Waals surface area contributed by atoms with E-state index in [1.54, 1.807) is 11.3 Å². The third-order valence-corrected chi connectivity index (χ3v) is 5.04. The molecular formula is C19H22N4OS. The molecule has 1 aromatic carbocycles. The van der Waals surface area contributed by atoms with E-state index < -0.39 is 0 Å². The summed E-state index contributed by atoms with van der Waals surface area (Å²) in [5, 5.41) is 2.97. The number of para-hydroxylation sites is 1. The van der Waals surface area contributed by atoms with Gasteiger partial charge in [-0.1, -0.05) is 18.2 Å². The highest BCUT2D eigenvalue weighted by Crippen LogP contribution is 2.28. The van der Waals surface area contributed by atoms with Crippen molar-refractivity contribution in [2.24, 2.45) is 0 Å². The quantitative estimate of drug-likeness (QED) is 0.678. The van der Waals surface area contributed by atoms with E-state index in [9.17, 15) is 4.79 Å². The zero-order valence-corrected chi connectivity index (χ0v) is 15.6. The van der Waals surface area contributed by atoms with Gasteiger partial charge in [-0.15, -0.1) is 11.3 Å². The number of carbonyl (C=O) groups is 1. The molecule has 6 heteroatoms. The number of fused-ring (bicyclic) bond motifs is 1. The van der Waals surface area contributed by atoms with Crippen LogP contribution in [0.4, 0.5) is 5.82 Å². The second-order valence-electron chi connectivity index (χ2n) is 5.79. The second-order valence-corrected chi connectivity index (χ2v) is 6.74. The highest BCUT2D eigenvalue weighted by atomic mass is 32.1. The average molecular weight is 354 g/mol. The smallest absolute Gasteiger partial charge is 0.242 e. The molecule has 0 fully saturated rings. The maximum atomic E-state index is 12.5. The van der Waals surface area contributed by atoms with Crippen LogP contribution in [-0.4, -0.2) is 47.5 Å². The first-order chi connectivity index (χ1) is 12.1. The molecule has 0 unspecified atom stereocenters. The Balaban J connectivity index is 2.00. The third kappa shape index (κ3) is 3.64. The number of amides is 1. The molecule has 25 heavy (non-hydrogen) atoms. The molecule has 130 valence electrons. The molecular weight excluding hydrogens is 332 g/mol. The first-order valence-corrected chi connectivity index (χ1v) is 9.31. The number of likely N-dealkylation sites (N-methyl/N-ethyl adjacent to an activating group) is 2. The molecule has 2 heterocycles. The Labute approximate surface area is 151 Å². The van der Waals surface area contributed by atoms with E-state index in [1.807, 2.05) is 72.5 Å². The number of hydrogen-bond acceptors (Lipinski definition) is 5. The summed E-state index contributed by atoms with van der Waals surface area (Å²) in [6.07, 6.45) is 0. The van der Waals surface area contributed by atoms with Crippen LogP contribution < -0.4 is 4.90 Å². The minimum absolute atomic E-state index is 0.105. The van der Waals surface area contributed by atoms with Crippen molar-refractivity contribution >= 4 is 34.0 Å². The third-order valence-electron chi connectivity index (χ3n) is 4.17. The first-order valence-electron chi connectivity index (χ1n) is 8.43. The van der Waals surface area contributed by atoms with Crippen LogP contribution >= 0.6 is 11.3 Å². The lowest BCUT2D eigenvalue weighted by atomic mass is 10.2. The number of aromatic nitrogens is 2. The Morgan fingerprint density at radius 2 is 1.84 bits per heavy atom. The van der Waals surface area contributed by atoms with Gasteiger partial charge in [-0.25, -0.2) is 9.97 Å². The molecule has 0 N–H and O–H groups in total. The Morgan fingerprint density at radius 3 is 2.52 bits per heavy atom. The summed E-state index contributed by atoms with van der Waals surface area (Å²) in [7, 11) is 1.91. The molecule has 1 amide bonds. The lowest BCUT2D eigenvalue weighted by molar-refractivity contribution is -0.129. The number of thiophene rings is 1. The van der Waals surface area contributed by atoms with E-state index in [2.05, 4.69) is 4.98 Å². The van der Waals surface area contributed by atoms with Gasteiger partial charge in [0.25, 0.3) is 0 Å². The Kier molecular flexibility index (Phi) is 5.28. The van der Waals surface area contributed by atoms with E-state index in [-0.39, 0.29) is 5.91 Å². The van der Waals surface area contributed by atoms with E-state index in [4.69, 9.17) is 4.98 Å². The summed E-state index contributed by atoms with van der Waals surface area (Å²) in [6.45, 7) is 5.72. The van der Waals surface area contributed by atoms with Gasteiger partial charge in [0.15, 0.2) is 5.82 Å². The molecule has 5 nitrogen and oxygen atoms in total. The average Bonchev–Trinajstić information content (AvgIpc) is 3.16. The van der Waals surface area contributed by atoms with Crippen molar-refractivity contribution in [1.82, 2.24) is 14.9 Å². The Morgan fingerprint density at radius 1 is 1.08 bits per heavy atom. The first kappa shape index (κ1) is 17.4. The van der Waals surface area contributed by atoms with Crippen molar-refractivity contribution in [2.75, 3.05) is 31.6 Å². The lowest BCUT2D eigenvalue weighted by Gasteiger charge is -2.24. The minimum atomic E-state index is 0.105. The number of rotatable bonds is 6. The van der Waals surface area contributed by atoms with Gasteiger partial charge in [0.2, 0.25) is 5.91 Å². The van der Waals surface area contributed by atoms with E-state index in [1.165, 1.54) is 0 Å². The van der Waals surface area contributed by atoms with Crippen LogP contribution in [0.3, 0.4) is 0 Å². The lowest BCUT2D eigenvalue weighted by Crippen LogP contribution is -2.39. The zero-order chi connectivity index (χ0) is 17.8. The number of nitrogens with zero attached hydrogens (tertiary/aromatic N) is 4. The van der Waals surface area contributed by atoms with Crippen LogP contribution in [0.15, 0.2) is 41.8 Å². The van der Waals surface area contributed by atoms with Crippen LogP contribution in [0.1, 0.15) is 13.8 Å². The molecule has 0 aliphatic heterocycles. The molecule has 0 radical (unpaired) electrons. The fourth-order valence-corrected chi connectivity index (χ4v) is 3.48. The molecule has 0 bridgehead atoms. The van der Waals surface area contributed by atoms with Crippen molar-refractivity contribution in [3.05, 3.63) is 41.8 Å². The second kappa shape index (κ2) is 7.61. The largest absolute Gasteiger partial charge is 0.350 e. The molecule has 0 spiro atoms. The van der Waals surface area contributed by atoms with Gasteiger partial charge in [-0.2, -0.15) is 0 Å². The number of anilines is 1. The molecule has 0 saturated heterocycles.